The summed E-state index contributed by atoms with van der Waals surface area (Å²) in [6.45, 7) is 4.38. The van der Waals surface area contributed by atoms with Gasteiger partial charge in [0.05, 0.1) is 5.69 Å². The first-order valence-corrected chi connectivity index (χ1v) is 5.91. The molecule has 0 aliphatic heterocycles. The van der Waals surface area contributed by atoms with Crippen molar-refractivity contribution in [3.05, 3.63) is 52.8 Å². The highest BCUT2D eigenvalue weighted by Gasteiger charge is 2.09. The molecule has 1 heterocycles. The molecule has 1 N–H and O–H groups in total. The van der Waals surface area contributed by atoms with E-state index < -0.39 is 0 Å². The predicted molar refractivity (Wildman–Crippen MR) is 70.3 cm³/mol. The van der Waals surface area contributed by atoms with Gasteiger partial charge in [0, 0.05) is 30.9 Å². The molecule has 1 aromatic carbocycles. The number of nitrogens with one attached hydrogen (secondary N) is 1. The van der Waals surface area contributed by atoms with Gasteiger partial charge in [-0.2, -0.15) is 5.10 Å². The number of amides is 1. The van der Waals surface area contributed by atoms with Gasteiger partial charge in [0.2, 0.25) is 0 Å². The third kappa shape index (κ3) is 2.59. The highest BCUT2D eigenvalue weighted by Crippen LogP contribution is 2.08. The van der Waals surface area contributed by atoms with Crippen molar-refractivity contribution in [3.63, 3.8) is 0 Å². The van der Waals surface area contributed by atoms with Crippen LogP contribution in [0.4, 0.5) is 0 Å². The second-order valence-electron chi connectivity index (χ2n) is 4.41. The van der Waals surface area contributed by atoms with Crippen LogP contribution in [-0.2, 0) is 13.6 Å². The lowest BCUT2D eigenvalue weighted by Crippen LogP contribution is -2.23. The van der Waals surface area contributed by atoms with E-state index in [0.717, 1.165) is 22.4 Å². The summed E-state index contributed by atoms with van der Waals surface area (Å²) in [7, 11) is 1.87. The molecule has 0 bridgehead atoms. The van der Waals surface area contributed by atoms with Gasteiger partial charge in [0.25, 0.3) is 5.91 Å². The summed E-state index contributed by atoms with van der Waals surface area (Å²) in [5.74, 6) is -0.0450. The number of aryl methyl sites for hydroxylation is 3. The van der Waals surface area contributed by atoms with E-state index in [0.29, 0.717) is 6.54 Å². The van der Waals surface area contributed by atoms with E-state index in [9.17, 15) is 4.79 Å². The smallest absolute Gasteiger partial charge is 0.251 e. The Labute approximate surface area is 107 Å². The molecule has 18 heavy (non-hydrogen) atoms. The van der Waals surface area contributed by atoms with Gasteiger partial charge < -0.3 is 5.32 Å². The molecule has 0 aliphatic rings. The van der Waals surface area contributed by atoms with E-state index in [1.807, 2.05) is 51.4 Å². The van der Waals surface area contributed by atoms with Gasteiger partial charge in [-0.1, -0.05) is 18.2 Å². The minimum atomic E-state index is -0.0450. The molecule has 0 aliphatic carbocycles. The molecule has 4 heteroatoms. The largest absolute Gasteiger partial charge is 0.348 e. The van der Waals surface area contributed by atoms with Gasteiger partial charge in [0.1, 0.15) is 0 Å². The van der Waals surface area contributed by atoms with E-state index in [4.69, 9.17) is 0 Å². The Balaban J connectivity index is 2.05. The van der Waals surface area contributed by atoms with Crippen LogP contribution in [0.2, 0.25) is 0 Å². The Bertz CT molecular complexity index is 572. The highest BCUT2D eigenvalue weighted by molar-refractivity contribution is 5.95. The normalized spacial score (nSPS) is 10.4. The fourth-order valence-corrected chi connectivity index (χ4v) is 1.92. The topological polar surface area (TPSA) is 46.9 Å². The molecule has 1 amide bonds. The number of nitrogens with zero attached hydrogens (tertiary/aromatic N) is 2. The van der Waals surface area contributed by atoms with Crippen LogP contribution in [0, 0.1) is 13.8 Å². The number of carbonyl (C=O) groups is 1. The van der Waals surface area contributed by atoms with Crippen molar-refractivity contribution >= 4 is 5.91 Å². The van der Waals surface area contributed by atoms with Crippen LogP contribution < -0.4 is 5.32 Å². The third-order valence-electron chi connectivity index (χ3n) is 2.94. The number of carbonyl (C=O) groups excluding carboxylic acids is 1. The molecule has 94 valence electrons. The van der Waals surface area contributed by atoms with Crippen LogP contribution in [0.1, 0.15) is 27.2 Å². The van der Waals surface area contributed by atoms with Gasteiger partial charge in [-0.15, -0.1) is 0 Å². The zero-order valence-electron chi connectivity index (χ0n) is 10.9. The van der Waals surface area contributed by atoms with Gasteiger partial charge in [-0.05, 0) is 25.5 Å². The SMILES string of the molecule is Cc1ccccc1C(=O)NCc1cn(C)nc1C. The van der Waals surface area contributed by atoms with E-state index in [-0.39, 0.29) is 5.91 Å². The second-order valence-corrected chi connectivity index (χ2v) is 4.41. The Morgan fingerprint density at radius 3 is 2.67 bits per heavy atom. The standard InChI is InChI=1S/C14H17N3O/c1-10-6-4-5-7-13(10)14(18)15-8-12-9-17(3)16-11(12)2/h4-7,9H,8H2,1-3H3,(H,15,18). The summed E-state index contributed by atoms with van der Waals surface area (Å²) < 4.78 is 1.75. The van der Waals surface area contributed by atoms with Crippen molar-refractivity contribution in [1.82, 2.24) is 15.1 Å². The van der Waals surface area contributed by atoms with E-state index in [1.54, 1.807) is 4.68 Å². The van der Waals surface area contributed by atoms with E-state index in [1.165, 1.54) is 0 Å². The average Bonchev–Trinajstić information content (AvgIpc) is 2.65. The molecule has 0 fully saturated rings. The second kappa shape index (κ2) is 5.04. The maximum atomic E-state index is 12.0. The van der Waals surface area contributed by atoms with Crippen LogP contribution >= 0.6 is 0 Å². The maximum absolute atomic E-state index is 12.0. The van der Waals surface area contributed by atoms with Crippen LogP contribution in [0.5, 0.6) is 0 Å². The lowest BCUT2D eigenvalue weighted by atomic mass is 10.1. The molecular weight excluding hydrogens is 226 g/mol. The lowest BCUT2D eigenvalue weighted by Gasteiger charge is -2.06. The quantitative estimate of drug-likeness (QED) is 0.895. The number of rotatable bonds is 3. The number of benzene rings is 1. The fraction of sp³-hybridized carbons (Fsp3) is 0.286. The molecule has 4 nitrogen and oxygen atoms in total. The van der Waals surface area contributed by atoms with Crippen molar-refractivity contribution in [3.8, 4) is 0 Å². The van der Waals surface area contributed by atoms with Crippen LogP contribution in [0.15, 0.2) is 30.5 Å². The first kappa shape index (κ1) is 12.4. The minimum absolute atomic E-state index is 0.0450. The summed E-state index contributed by atoms with van der Waals surface area (Å²) in [5.41, 5.74) is 3.69. The van der Waals surface area contributed by atoms with Gasteiger partial charge >= 0.3 is 0 Å². The van der Waals surface area contributed by atoms with Gasteiger partial charge in [-0.3, -0.25) is 9.48 Å². The average molecular weight is 243 g/mol. The first-order valence-electron chi connectivity index (χ1n) is 5.91. The van der Waals surface area contributed by atoms with Crippen LogP contribution in [0.3, 0.4) is 0 Å². The summed E-state index contributed by atoms with van der Waals surface area (Å²) in [4.78, 5) is 12.0. The predicted octanol–water partition coefficient (Wildman–Crippen LogP) is 1.97. The maximum Gasteiger partial charge on any atom is 0.251 e. The summed E-state index contributed by atoms with van der Waals surface area (Å²) >= 11 is 0. The Kier molecular flexibility index (Phi) is 3.46. The minimum Gasteiger partial charge on any atom is -0.348 e. The summed E-state index contributed by atoms with van der Waals surface area (Å²) in [6.07, 6.45) is 1.92. The molecule has 0 atom stereocenters. The van der Waals surface area contributed by atoms with Crippen molar-refractivity contribution in [2.75, 3.05) is 0 Å². The Hall–Kier alpha value is -2.10. The van der Waals surface area contributed by atoms with Crippen molar-refractivity contribution < 1.29 is 4.79 Å². The Morgan fingerprint density at radius 1 is 1.33 bits per heavy atom. The number of aromatic nitrogens is 2. The van der Waals surface area contributed by atoms with Crippen molar-refractivity contribution in [1.29, 1.82) is 0 Å². The molecule has 0 saturated carbocycles. The molecular formula is C14H17N3O. The summed E-state index contributed by atoms with van der Waals surface area (Å²) in [5, 5.41) is 7.16. The van der Waals surface area contributed by atoms with Gasteiger partial charge in [0.15, 0.2) is 0 Å². The zero-order chi connectivity index (χ0) is 13.1. The zero-order valence-corrected chi connectivity index (χ0v) is 10.9. The molecule has 2 aromatic rings. The van der Waals surface area contributed by atoms with Gasteiger partial charge in [-0.25, -0.2) is 0 Å². The van der Waals surface area contributed by atoms with E-state index in [2.05, 4.69) is 10.4 Å². The fourth-order valence-electron chi connectivity index (χ4n) is 1.92. The summed E-state index contributed by atoms with van der Waals surface area (Å²) in [6, 6.07) is 7.57. The van der Waals surface area contributed by atoms with Crippen molar-refractivity contribution in [2.24, 2.45) is 7.05 Å². The number of hydrogen-bond donors (Lipinski definition) is 1. The molecule has 0 saturated heterocycles. The molecule has 0 spiro atoms. The molecule has 2 rings (SSSR count). The van der Waals surface area contributed by atoms with E-state index >= 15 is 0 Å². The molecule has 0 radical (unpaired) electrons. The van der Waals surface area contributed by atoms with Crippen LogP contribution in [0.25, 0.3) is 0 Å². The molecule has 0 unspecified atom stereocenters. The first-order chi connectivity index (χ1) is 8.58. The third-order valence-corrected chi connectivity index (χ3v) is 2.94. The van der Waals surface area contributed by atoms with Crippen molar-refractivity contribution in [2.45, 2.75) is 20.4 Å². The monoisotopic (exact) mass is 243 g/mol. The lowest BCUT2D eigenvalue weighted by molar-refractivity contribution is 0.0950. The highest BCUT2D eigenvalue weighted by atomic mass is 16.1. The number of hydrogen-bond acceptors (Lipinski definition) is 2. The Morgan fingerprint density at radius 2 is 2.06 bits per heavy atom. The van der Waals surface area contributed by atoms with Crippen LogP contribution in [-0.4, -0.2) is 15.7 Å². The molecule has 1 aromatic heterocycles.